The molecule has 0 aromatic heterocycles. The number of carbonyl (C=O) groups excluding carboxylic acids is 3. The lowest BCUT2D eigenvalue weighted by Crippen LogP contribution is -3.00. The molecule has 0 aliphatic carbocycles. The van der Waals surface area contributed by atoms with Gasteiger partial charge in [-0.05, 0) is 26.2 Å². The van der Waals surface area contributed by atoms with Crippen molar-refractivity contribution >= 4 is 17.9 Å². The fourth-order valence-electron chi connectivity index (χ4n) is 3.17. The lowest BCUT2D eigenvalue weighted by Gasteiger charge is -2.32. The SMILES string of the molecule is CCC(CC(C)(CC(C)C(=O)OCC[N+](C)(C)C)C(=O)OCCOC)C(=O)OCCO.[Cl-]. The van der Waals surface area contributed by atoms with E-state index in [9.17, 15) is 14.4 Å². The van der Waals surface area contributed by atoms with Crippen LogP contribution in [0.15, 0.2) is 0 Å². The largest absolute Gasteiger partial charge is 1.00 e. The van der Waals surface area contributed by atoms with Gasteiger partial charge in [-0.25, -0.2) is 0 Å². The number of hydrogen-bond acceptors (Lipinski definition) is 8. The number of rotatable bonds is 16. The molecule has 0 aromatic rings. The van der Waals surface area contributed by atoms with E-state index in [1.165, 1.54) is 7.11 Å². The highest BCUT2D eigenvalue weighted by molar-refractivity contribution is 5.80. The summed E-state index contributed by atoms with van der Waals surface area (Å²) in [6.45, 7) is 6.15. The molecule has 190 valence electrons. The van der Waals surface area contributed by atoms with Crippen LogP contribution in [-0.2, 0) is 33.3 Å². The van der Waals surface area contributed by atoms with Crippen LogP contribution in [0.3, 0.4) is 0 Å². The van der Waals surface area contributed by atoms with Gasteiger partial charge in [-0.3, -0.25) is 14.4 Å². The normalized spacial score (nSPS) is 15.0. The number of methoxy groups -OCH3 is 1. The van der Waals surface area contributed by atoms with Gasteiger partial charge in [0, 0.05) is 7.11 Å². The Hall–Kier alpha value is -1.42. The summed E-state index contributed by atoms with van der Waals surface area (Å²) in [5, 5.41) is 8.90. The van der Waals surface area contributed by atoms with E-state index in [1.54, 1.807) is 13.8 Å². The van der Waals surface area contributed by atoms with Crippen molar-refractivity contribution in [2.75, 3.05) is 67.8 Å². The Balaban J connectivity index is 0. The van der Waals surface area contributed by atoms with Gasteiger partial charge < -0.3 is 40.9 Å². The Kier molecular flexibility index (Phi) is 16.6. The molecule has 3 unspecified atom stereocenters. The van der Waals surface area contributed by atoms with Crippen molar-refractivity contribution in [2.24, 2.45) is 17.3 Å². The van der Waals surface area contributed by atoms with E-state index in [0.717, 1.165) is 0 Å². The Bertz CT molecular complexity index is 567. The maximum absolute atomic E-state index is 12.9. The summed E-state index contributed by atoms with van der Waals surface area (Å²) >= 11 is 0. The summed E-state index contributed by atoms with van der Waals surface area (Å²) in [6.07, 6.45) is 0.787. The maximum atomic E-state index is 12.9. The molecule has 0 saturated heterocycles. The minimum atomic E-state index is -1.09. The van der Waals surface area contributed by atoms with E-state index in [-0.39, 0.29) is 64.3 Å². The van der Waals surface area contributed by atoms with Crippen LogP contribution in [0.4, 0.5) is 0 Å². The number of aliphatic hydroxyl groups excluding tert-OH is 1. The highest BCUT2D eigenvalue weighted by Crippen LogP contribution is 2.36. The number of aliphatic hydroxyl groups is 1. The number of ether oxygens (including phenoxy) is 4. The van der Waals surface area contributed by atoms with E-state index in [0.29, 0.717) is 17.4 Å². The van der Waals surface area contributed by atoms with E-state index in [1.807, 2.05) is 28.1 Å². The summed E-state index contributed by atoms with van der Waals surface area (Å²) in [6, 6.07) is 0. The number of hydrogen-bond donors (Lipinski definition) is 1. The van der Waals surface area contributed by atoms with Gasteiger partial charge in [0.2, 0.25) is 0 Å². The van der Waals surface area contributed by atoms with Crippen LogP contribution in [0.1, 0.15) is 40.0 Å². The van der Waals surface area contributed by atoms with Gasteiger partial charge in [-0.1, -0.05) is 13.8 Å². The monoisotopic (exact) mass is 483 g/mol. The first-order valence-electron chi connectivity index (χ1n) is 10.8. The van der Waals surface area contributed by atoms with Crippen LogP contribution in [0.2, 0.25) is 0 Å². The summed E-state index contributed by atoms with van der Waals surface area (Å²) in [4.78, 5) is 37.8. The van der Waals surface area contributed by atoms with Gasteiger partial charge >= 0.3 is 17.9 Å². The molecule has 0 fully saturated rings. The highest BCUT2D eigenvalue weighted by Gasteiger charge is 2.42. The first-order valence-corrected chi connectivity index (χ1v) is 10.8. The number of carbonyl (C=O) groups is 3. The Morgan fingerprint density at radius 3 is 2.03 bits per heavy atom. The van der Waals surface area contributed by atoms with E-state index < -0.39 is 29.2 Å². The number of halogens is 1. The molecule has 0 spiro atoms. The van der Waals surface area contributed by atoms with Crippen molar-refractivity contribution in [2.45, 2.75) is 40.0 Å². The summed E-state index contributed by atoms with van der Waals surface area (Å²) < 4.78 is 21.4. The fourth-order valence-corrected chi connectivity index (χ4v) is 3.17. The predicted molar refractivity (Wildman–Crippen MR) is 115 cm³/mol. The third-order valence-corrected chi connectivity index (χ3v) is 5.04. The highest BCUT2D eigenvalue weighted by atomic mass is 35.5. The van der Waals surface area contributed by atoms with Crippen LogP contribution in [0.25, 0.3) is 0 Å². The van der Waals surface area contributed by atoms with Gasteiger partial charge in [-0.15, -0.1) is 0 Å². The van der Waals surface area contributed by atoms with Gasteiger partial charge in [0.15, 0.2) is 0 Å². The Morgan fingerprint density at radius 1 is 0.938 bits per heavy atom. The Morgan fingerprint density at radius 2 is 1.53 bits per heavy atom. The van der Waals surface area contributed by atoms with Crippen LogP contribution >= 0.6 is 0 Å². The van der Waals surface area contributed by atoms with E-state index >= 15 is 0 Å². The molecule has 0 saturated carbocycles. The molecular weight excluding hydrogens is 442 g/mol. The molecule has 32 heavy (non-hydrogen) atoms. The third kappa shape index (κ3) is 13.2. The molecule has 0 rings (SSSR count). The lowest BCUT2D eigenvalue weighted by molar-refractivity contribution is -0.870. The van der Waals surface area contributed by atoms with Crippen molar-refractivity contribution in [1.29, 1.82) is 0 Å². The van der Waals surface area contributed by atoms with Crippen molar-refractivity contribution < 1.29 is 55.3 Å². The molecular formula is C22H42ClNO8. The topological polar surface area (TPSA) is 108 Å². The minimum Gasteiger partial charge on any atom is -1.00 e. The van der Waals surface area contributed by atoms with Crippen molar-refractivity contribution in [1.82, 2.24) is 0 Å². The van der Waals surface area contributed by atoms with Crippen LogP contribution in [-0.4, -0.2) is 95.3 Å². The van der Waals surface area contributed by atoms with E-state index in [2.05, 4.69) is 0 Å². The zero-order chi connectivity index (χ0) is 24.1. The first kappa shape index (κ1) is 32.8. The second-order valence-corrected chi connectivity index (χ2v) is 9.18. The first-order chi connectivity index (χ1) is 14.4. The molecule has 0 amide bonds. The van der Waals surface area contributed by atoms with Gasteiger partial charge in [-0.2, -0.15) is 0 Å². The van der Waals surface area contributed by atoms with Gasteiger partial charge in [0.05, 0.1) is 51.6 Å². The zero-order valence-electron chi connectivity index (χ0n) is 20.6. The third-order valence-electron chi connectivity index (χ3n) is 5.04. The molecule has 10 heteroatoms. The molecule has 0 bridgehead atoms. The molecule has 0 aliphatic heterocycles. The maximum Gasteiger partial charge on any atom is 0.311 e. The van der Waals surface area contributed by atoms with Crippen LogP contribution in [0.5, 0.6) is 0 Å². The summed E-state index contributed by atoms with van der Waals surface area (Å²) in [5.74, 6) is -2.48. The predicted octanol–water partition coefficient (Wildman–Crippen LogP) is -1.59. The smallest absolute Gasteiger partial charge is 0.311 e. The van der Waals surface area contributed by atoms with Crippen LogP contribution in [0, 0.1) is 17.3 Å². The molecule has 3 atom stereocenters. The summed E-state index contributed by atoms with van der Waals surface area (Å²) in [7, 11) is 7.52. The Labute approximate surface area is 198 Å². The number of quaternary nitrogens is 1. The molecule has 0 radical (unpaired) electrons. The average Bonchev–Trinajstić information content (AvgIpc) is 2.69. The van der Waals surface area contributed by atoms with Crippen molar-refractivity contribution in [3.05, 3.63) is 0 Å². The van der Waals surface area contributed by atoms with Crippen molar-refractivity contribution in [3.8, 4) is 0 Å². The van der Waals surface area contributed by atoms with Gasteiger partial charge in [0.1, 0.15) is 26.4 Å². The minimum absolute atomic E-state index is 0. The van der Waals surface area contributed by atoms with E-state index in [4.69, 9.17) is 24.1 Å². The molecule has 1 N–H and O–H groups in total. The fraction of sp³-hybridized carbons (Fsp3) is 0.864. The quantitative estimate of drug-likeness (QED) is 0.121. The lowest BCUT2D eigenvalue weighted by atomic mass is 9.74. The number of esters is 3. The number of nitrogens with zero attached hydrogens (tertiary/aromatic N) is 1. The molecule has 0 heterocycles. The number of likely N-dealkylation sites (N-methyl/N-ethyl adjacent to an activating group) is 1. The second kappa shape index (κ2) is 16.2. The van der Waals surface area contributed by atoms with Crippen LogP contribution < -0.4 is 12.4 Å². The van der Waals surface area contributed by atoms with Gasteiger partial charge in [0.25, 0.3) is 0 Å². The molecule has 0 aliphatic rings. The summed E-state index contributed by atoms with van der Waals surface area (Å²) in [5.41, 5.74) is -1.09. The average molecular weight is 484 g/mol. The standard InChI is InChI=1S/C22H42NO8.ClH/c1-8-18(20(26)30-12-10-24)16-22(3,21(27)31-14-13-28-7)15-17(2)19(25)29-11-9-23(4,5)6;/h17-18,24H,8-16H2,1-7H3;1H/q+1;/p-1. The second-order valence-electron chi connectivity index (χ2n) is 9.18. The molecule has 0 aromatic carbocycles. The van der Waals surface area contributed by atoms with Crippen molar-refractivity contribution in [3.63, 3.8) is 0 Å². The molecule has 9 nitrogen and oxygen atoms in total. The zero-order valence-corrected chi connectivity index (χ0v) is 21.4.